The highest BCUT2D eigenvalue weighted by atomic mass is 16.5. The van der Waals surface area contributed by atoms with Gasteiger partial charge in [-0.1, -0.05) is 42.5 Å². The first kappa shape index (κ1) is 17.4. The van der Waals surface area contributed by atoms with Gasteiger partial charge in [-0.25, -0.2) is 4.98 Å². The molecule has 2 aromatic carbocycles. The molecule has 0 saturated carbocycles. The van der Waals surface area contributed by atoms with Gasteiger partial charge in [0.25, 0.3) is 0 Å². The van der Waals surface area contributed by atoms with Gasteiger partial charge < -0.3 is 9.64 Å². The van der Waals surface area contributed by atoms with E-state index >= 15 is 0 Å². The van der Waals surface area contributed by atoms with E-state index in [-0.39, 0.29) is 0 Å². The molecule has 4 rings (SSSR count). The van der Waals surface area contributed by atoms with Gasteiger partial charge in [0.1, 0.15) is 5.75 Å². The second kappa shape index (κ2) is 7.72. The first-order valence-electron chi connectivity index (χ1n) is 9.09. The zero-order valence-corrected chi connectivity index (χ0v) is 15.6. The number of ether oxygens (including phenoxy) is 1. The third kappa shape index (κ3) is 3.75. The van der Waals surface area contributed by atoms with Gasteiger partial charge in [0.2, 0.25) is 5.95 Å². The molecule has 0 amide bonds. The van der Waals surface area contributed by atoms with E-state index in [4.69, 9.17) is 9.72 Å². The van der Waals surface area contributed by atoms with Gasteiger partial charge in [-0.2, -0.15) is 5.10 Å². The van der Waals surface area contributed by atoms with E-state index in [1.54, 1.807) is 13.3 Å². The zero-order valence-electron chi connectivity index (χ0n) is 15.6. The molecule has 0 bridgehead atoms. The molecule has 6 nitrogen and oxygen atoms in total. The van der Waals surface area contributed by atoms with Crippen molar-refractivity contribution in [2.45, 2.75) is 6.04 Å². The Bertz CT molecular complexity index is 902. The summed E-state index contributed by atoms with van der Waals surface area (Å²) in [4.78, 5) is 9.37. The second-order valence-corrected chi connectivity index (χ2v) is 6.73. The summed E-state index contributed by atoms with van der Waals surface area (Å²) in [7, 11) is 3.83. The van der Waals surface area contributed by atoms with Crippen molar-refractivity contribution < 1.29 is 4.74 Å². The van der Waals surface area contributed by atoms with E-state index in [0.717, 1.165) is 36.6 Å². The van der Waals surface area contributed by atoms with Crippen LogP contribution in [0.25, 0.3) is 11.3 Å². The van der Waals surface area contributed by atoms with Crippen LogP contribution in [0.3, 0.4) is 0 Å². The molecule has 1 saturated heterocycles. The first-order valence-corrected chi connectivity index (χ1v) is 9.09. The summed E-state index contributed by atoms with van der Waals surface area (Å²) in [5.41, 5.74) is 3.08. The minimum Gasteiger partial charge on any atom is -0.497 e. The second-order valence-electron chi connectivity index (χ2n) is 6.73. The van der Waals surface area contributed by atoms with Crippen molar-refractivity contribution >= 4 is 5.95 Å². The van der Waals surface area contributed by atoms with Crippen LogP contribution in [-0.2, 0) is 0 Å². The summed E-state index contributed by atoms with van der Waals surface area (Å²) in [5.74, 6) is 1.47. The van der Waals surface area contributed by atoms with Gasteiger partial charge in [-0.15, -0.1) is 5.10 Å². The fraction of sp³-hybridized carbons (Fsp3) is 0.286. The van der Waals surface area contributed by atoms with Gasteiger partial charge in [-0.3, -0.25) is 4.90 Å². The van der Waals surface area contributed by atoms with Crippen LogP contribution in [0.1, 0.15) is 11.6 Å². The highest BCUT2D eigenvalue weighted by molar-refractivity contribution is 5.61. The van der Waals surface area contributed by atoms with Gasteiger partial charge in [0.15, 0.2) is 0 Å². The minimum atomic E-state index is 0.309. The number of rotatable bonds is 4. The van der Waals surface area contributed by atoms with Crippen LogP contribution >= 0.6 is 0 Å². The molecule has 27 heavy (non-hydrogen) atoms. The molecule has 1 aromatic heterocycles. The molecule has 3 aromatic rings. The van der Waals surface area contributed by atoms with Crippen molar-refractivity contribution in [3.05, 3.63) is 66.4 Å². The molecule has 0 spiro atoms. The third-order valence-electron chi connectivity index (χ3n) is 5.03. The number of hydrogen-bond acceptors (Lipinski definition) is 6. The monoisotopic (exact) mass is 361 g/mol. The summed E-state index contributed by atoms with van der Waals surface area (Å²) < 4.78 is 5.32. The van der Waals surface area contributed by atoms with Gasteiger partial charge >= 0.3 is 0 Å². The lowest BCUT2D eigenvalue weighted by molar-refractivity contribution is 0.220. The van der Waals surface area contributed by atoms with Crippen LogP contribution in [0, 0.1) is 0 Å². The van der Waals surface area contributed by atoms with Crippen molar-refractivity contribution in [1.29, 1.82) is 0 Å². The standard InChI is InChI=1S/C21H23N5O/c1-25-11-12-26(15-20(25)16-7-4-3-5-8-16)21-23-19(14-22-24-21)17-9-6-10-18(13-17)27-2/h3-10,13-14,20H,11-12,15H2,1-2H3. The molecule has 1 fully saturated rings. The quantitative estimate of drug-likeness (QED) is 0.712. The fourth-order valence-corrected chi connectivity index (χ4v) is 3.44. The van der Waals surface area contributed by atoms with Crippen LogP contribution in [-0.4, -0.2) is 53.9 Å². The Morgan fingerprint density at radius 3 is 2.70 bits per heavy atom. The Morgan fingerprint density at radius 1 is 1.04 bits per heavy atom. The number of benzene rings is 2. The predicted molar refractivity (Wildman–Crippen MR) is 106 cm³/mol. The molecule has 1 aliphatic heterocycles. The number of aromatic nitrogens is 3. The van der Waals surface area contributed by atoms with E-state index in [1.807, 2.05) is 24.3 Å². The Balaban J connectivity index is 1.60. The zero-order chi connectivity index (χ0) is 18.6. The maximum atomic E-state index is 5.32. The molecule has 0 radical (unpaired) electrons. The third-order valence-corrected chi connectivity index (χ3v) is 5.03. The SMILES string of the molecule is COc1cccc(-c2cnnc(N3CCN(C)C(c4ccccc4)C3)n2)c1. The van der Waals surface area contributed by atoms with Crippen LogP contribution in [0.15, 0.2) is 60.8 Å². The highest BCUT2D eigenvalue weighted by Crippen LogP contribution is 2.27. The maximum absolute atomic E-state index is 5.32. The fourth-order valence-electron chi connectivity index (χ4n) is 3.44. The van der Waals surface area contributed by atoms with Crippen LogP contribution in [0.2, 0.25) is 0 Å². The lowest BCUT2D eigenvalue weighted by Gasteiger charge is -2.39. The number of likely N-dealkylation sites (N-methyl/N-ethyl adjacent to an activating group) is 1. The van der Waals surface area contributed by atoms with E-state index in [2.05, 4.69) is 57.4 Å². The number of anilines is 1. The number of piperazine rings is 1. The molecule has 0 N–H and O–H groups in total. The molecule has 1 aliphatic rings. The van der Waals surface area contributed by atoms with Crippen molar-refractivity contribution in [3.8, 4) is 17.0 Å². The van der Waals surface area contributed by atoms with Gasteiger partial charge in [-0.05, 0) is 24.7 Å². The predicted octanol–water partition coefficient (Wildman–Crippen LogP) is 3.04. The Hall–Kier alpha value is -2.99. The van der Waals surface area contributed by atoms with Crippen molar-refractivity contribution in [2.75, 3.05) is 38.7 Å². The minimum absolute atomic E-state index is 0.309. The highest BCUT2D eigenvalue weighted by Gasteiger charge is 2.27. The van der Waals surface area contributed by atoms with E-state index in [9.17, 15) is 0 Å². The molecule has 6 heteroatoms. The first-order chi connectivity index (χ1) is 13.2. The smallest absolute Gasteiger partial charge is 0.246 e. The molecule has 1 unspecified atom stereocenters. The van der Waals surface area contributed by atoms with E-state index < -0.39 is 0 Å². The summed E-state index contributed by atoms with van der Waals surface area (Å²) in [6, 6.07) is 18.7. The molecule has 0 aliphatic carbocycles. The maximum Gasteiger partial charge on any atom is 0.246 e. The summed E-state index contributed by atoms with van der Waals surface area (Å²) >= 11 is 0. The van der Waals surface area contributed by atoms with Crippen LogP contribution in [0.5, 0.6) is 5.75 Å². The van der Waals surface area contributed by atoms with Crippen molar-refractivity contribution in [2.24, 2.45) is 0 Å². The molecular formula is C21H23N5O. The van der Waals surface area contributed by atoms with Crippen LogP contribution < -0.4 is 9.64 Å². The normalized spacial score (nSPS) is 17.7. The summed E-state index contributed by atoms with van der Waals surface area (Å²) in [6.07, 6.45) is 1.70. The summed E-state index contributed by atoms with van der Waals surface area (Å²) in [6.45, 7) is 2.67. The van der Waals surface area contributed by atoms with E-state index in [1.165, 1.54) is 5.56 Å². The van der Waals surface area contributed by atoms with Gasteiger partial charge in [0.05, 0.1) is 25.0 Å². The number of nitrogens with zero attached hydrogens (tertiary/aromatic N) is 5. The average Bonchev–Trinajstić information content (AvgIpc) is 2.75. The average molecular weight is 361 g/mol. The molecule has 2 heterocycles. The van der Waals surface area contributed by atoms with Crippen molar-refractivity contribution in [3.63, 3.8) is 0 Å². The Morgan fingerprint density at radius 2 is 1.89 bits per heavy atom. The lowest BCUT2D eigenvalue weighted by atomic mass is 10.0. The molecular weight excluding hydrogens is 338 g/mol. The van der Waals surface area contributed by atoms with Gasteiger partial charge in [0, 0.05) is 25.2 Å². The van der Waals surface area contributed by atoms with Crippen molar-refractivity contribution in [1.82, 2.24) is 20.1 Å². The molecule has 138 valence electrons. The number of hydrogen-bond donors (Lipinski definition) is 0. The Kier molecular flexibility index (Phi) is 4.98. The van der Waals surface area contributed by atoms with Crippen LogP contribution in [0.4, 0.5) is 5.95 Å². The topological polar surface area (TPSA) is 54.4 Å². The lowest BCUT2D eigenvalue weighted by Crippen LogP contribution is -2.47. The van der Waals surface area contributed by atoms with E-state index in [0.29, 0.717) is 12.0 Å². The Labute approximate surface area is 159 Å². The summed E-state index contributed by atoms with van der Waals surface area (Å²) in [5, 5.41) is 8.50. The largest absolute Gasteiger partial charge is 0.497 e. The number of methoxy groups -OCH3 is 1. The molecule has 1 atom stereocenters.